The smallest absolute Gasteiger partial charge is 0.416 e. The van der Waals surface area contributed by atoms with Crippen LogP contribution in [0, 0.1) is 0 Å². The number of nitrogens with one attached hydrogen (secondary N) is 1. The first-order chi connectivity index (χ1) is 17.0. The first-order valence-corrected chi connectivity index (χ1v) is 11.5. The molecule has 1 unspecified atom stereocenters. The summed E-state index contributed by atoms with van der Waals surface area (Å²) in [5.41, 5.74) is -2.15. The zero-order chi connectivity index (χ0) is 26.1. The molecular weight excluding hydrogens is 525 g/mol. The van der Waals surface area contributed by atoms with Crippen molar-refractivity contribution in [3.8, 4) is 11.6 Å². The van der Waals surface area contributed by atoms with Crippen LogP contribution in [-0.4, -0.2) is 29.3 Å². The van der Waals surface area contributed by atoms with Crippen LogP contribution < -0.4 is 10.1 Å². The molecule has 0 spiro atoms. The zero-order valence-corrected chi connectivity index (χ0v) is 20.3. The fourth-order valence-corrected chi connectivity index (χ4v) is 4.29. The van der Waals surface area contributed by atoms with Gasteiger partial charge < -0.3 is 14.8 Å². The second kappa shape index (κ2) is 10.2. The lowest BCUT2D eigenvalue weighted by Gasteiger charge is -2.24. The van der Waals surface area contributed by atoms with Crippen LogP contribution >= 0.6 is 23.2 Å². The van der Waals surface area contributed by atoms with Crippen LogP contribution in [0.15, 0.2) is 42.5 Å². The SMILES string of the molecule is CC(F)(CNC(=O)c1c(Oc2cccc(C(F)(F)F)c2)nnc2c1COCC2)c1ccc(Cl)cc1Cl. The number of hydrogen-bond donors (Lipinski definition) is 1. The highest BCUT2D eigenvalue weighted by Gasteiger charge is 2.33. The van der Waals surface area contributed by atoms with Gasteiger partial charge in [0.1, 0.15) is 11.3 Å². The van der Waals surface area contributed by atoms with Crippen LogP contribution in [0.2, 0.25) is 10.0 Å². The third-order valence-electron chi connectivity index (χ3n) is 5.53. The molecule has 6 nitrogen and oxygen atoms in total. The zero-order valence-electron chi connectivity index (χ0n) is 18.8. The lowest BCUT2D eigenvalue weighted by molar-refractivity contribution is -0.137. The molecule has 3 aromatic rings. The van der Waals surface area contributed by atoms with Crippen LogP contribution in [0.5, 0.6) is 11.6 Å². The van der Waals surface area contributed by atoms with E-state index >= 15 is 4.39 Å². The molecule has 12 heteroatoms. The van der Waals surface area contributed by atoms with Crippen LogP contribution in [0.4, 0.5) is 17.6 Å². The lowest BCUT2D eigenvalue weighted by atomic mass is 9.97. The van der Waals surface area contributed by atoms with Crippen molar-refractivity contribution in [1.82, 2.24) is 15.5 Å². The molecule has 1 aliphatic heterocycles. The van der Waals surface area contributed by atoms with Gasteiger partial charge in [-0.2, -0.15) is 18.3 Å². The van der Waals surface area contributed by atoms with E-state index in [4.69, 9.17) is 32.7 Å². The Hall–Kier alpha value is -2.95. The van der Waals surface area contributed by atoms with E-state index in [1.54, 1.807) is 0 Å². The molecule has 1 aliphatic rings. The highest BCUT2D eigenvalue weighted by Crippen LogP contribution is 2.35. The second-order valence-electron chi connectivity index (χ2n) is 8.24. The lowest BCUT2D eigenvalue weighted by Crippen LogP contribution is -2.37. The first-order valence-electron chi connectivity index (χ1n) is 10.7. The minimum atomic E-state index is -4.59. The molecule has 36 heavy (non-hydrogen) atoms. The highest BCUT2D eigenvalue weighted by molar-refractivity contribution is 6.35. The molecule has 2 heterocycles. The minimum absolute atomic E-state index is 0.00244. The second-order valence-corrected chi connectivity index (χ2v) is 9.08. The maximum Gasteiger partial charge on any atom is 0.416 e. The Kier molecular flexibility index (Phi) is 7.40. The largest absolute Gasteiger partial charge is 0.437 e. The minimum Gasteiger partial charge on any atom is -0.437 e. The standard InChI is InChI=1S/C24H19Cl2F4N3O3/c1-23(27,17-6-5-14(25)10-18(17)26)12-31-21(34)20-16-11-35-8-7-19(16)32-33-22(20)36-15-4-2-3-13(9-15)24(28,29)30/h2-6,9-10H,7-8,11-12H2,1H3,(H,31,34). The summed E-state index contributed by atoms with van der Waals surface area (Å²) in [5, 5.41) is 10.9. The van der Waals surface area contributed by atoms with Crippen molar-refractivity contribution in [3.05, 3.63) is 80.5 Å². The Morgan fingerprint density at radius 3 is 2.64 bits per heavy atom. The Morgan fingerprint density at radius 1 is 1.14 bits per heavy atom. The highest BCUT2D eigenvalue weighted by atomic mass is 35.5. The average Bonchev–Trinajstić information content (AvgIpc) is 2.82. The number of benzene rings is 2. The number of aromatic nitrogens is 2. The maximum absolute atomic E-state index is 15.5. The number of halogens is 6. The Labute approximate surface area is 213 Å². The Bertz CT molecular complexity index is 1300. The van der Waals surface area contributed by atoms with Gasteiger partial charge in [0.2, 0.25) is 0 Å². The number of ether oxygens (including phenoxy) is 2. The molecule has 1 aromatic heterocycles. The number of fused-ring (bicyclic) bond motifs is 1. The normalized spacial score (nSPS) is 15.1. The topological polar surface area (TPSA) is 73.3 Å². The molecule has 0 saturated carbocycles. The third-order valence-corrected chi connectivity index (χ3v) is 6.08. The van der Waals surface area contributed by atoms with E-state index in [9.17, 15) is 18.0 Å². The van der Waals surface area contributed by atoms with E-state index in [1.807, 2.05) is 0 Å². The van der Waals surface area contributed by atoms with Gasteiger partial charge in [-0.15, -0.1) is 5.10 Å². The molecule has 2 aromatic carbocycles. The molecule has 1 N–H and O–H groups in total. The third kappa shape index (κ3) is 5.71. The van der Waals surface area contributed by atoms with Gasteiger partial charge in [0, 0.05) is 27.6 Å². The summed E-state index contributed by atoms with van der Waals surface area (Å²) in [7, 11) is 0. The van der Waals surface area contributed by atoms with Gasteiger partial charge in [-0.25, -0.2) is 4.39 Å². The summed E-state index contributed by atoms with van der Waals surface area (Å²) < 4.78 is 65.9. The number of nitrogens with zero attached hydrogens (tertiary/aromatic N) is 2. The molecule has 4 rings (SSSR count). The van der Waals surface area contributed by atoms with Gasteiger partial charge in [0.05, 0.1) is 31.0 Å². The molecule has 1 amide bonds. The summed E-state index contributed by atoms with van der Waals surface area (Å²) in [4.78, 5) is 13.3. The summed E-state index contributed by atoms with van der Waals surface area (Å²) in [6.07, 6.45) is -4.23. The van der Waals surface area contributed by atoms with Crippen LogP contribution in [-0.2, 0) is 29.6 Å². The number of amides is 1. The van der Waals surface area contributed by atoms with E-state index in [2.05, 4.69) is 15.5 Å². The van der Waals surface area contributed by atoms with E-state index in [1.165, 1.54) is 31.2 Å². The number of alkyl halides is 4. The molecule has 0 saturated heterocycles. The van der Waals surface area contributed by atoms with Gasteiger partial charge in [0.25, 0.3) is 11.8 Å². The molecule has 0 bridgehead atoms. The van der Waals surface area contributed by atoms with E-state index in [-0.39, 0.29) is 34.4 Å². The average molecular weight is 544 g/mol. The summed E-state index contributed by atoms with van der Waals surface area (Å²) in [6.45, 7) is 1.12. The van der Waals surface area contributed by atoms with Crippen LogP contribution in [0.25, 0.3) is 0 Å². The summed E-state index contributed by atoms with van der Waals surface area (Å²) >= 11 is 12.0. The van der Waals surface area contributed by atoms with Crippen molar-refractivity contribution >= 4 is 29.1 Å². The number of rotatable bonds is 6. The first kappa shape index (κ1) is 26.1. The van der Waals surface area contributed by atoms with Crippen LogP contribution in [0.1, 0.15) is 39.7 Å². The number of carbonyl (C=O) groups excluding carboxylic acids is 1. The van der Waals surface area contributed by atoms with Crippen molar-refractivity contribution in [2.24, 2.45) is 0 Å². The molecule has 0 fully saturated rings. The number of carbonyl (C=O) groups is 1. The van der Waals surface area contributed by atoms with Crippen molar-refractivity contribution in [1.29, 1.82) is 0 Å². The van der Waals surface area contributed by atoms with Gasteiger partial charge in [-0.3, -0.25) is 4.79 Å². The van der Waals surface area contributed by atoms with Gasteiger partial charge in [-0.05, 0) is 37.3 Å². The van der Waals surface area contributed by atoms with Crippen molar-refractivity contribution in [2.75, 3.05) is 13.2 Å². The van der Waals surface area contributed by atoms with E-state index < -0.39 is 29.9 Å². The fourth-order valence-electron chi connectivity index (χ4n) is 3.68. The van der Waals surface area contributed by atoms with Crippen molar-refractivity contribution < 1.29 is 31.8 Å². The molecule has 1 atom stereocenters. The molecule has 0 radical (unpaired) electrons. The van der Waals surface area contributed by atoms with Gasteiger partial charge in [0.15, 0.2) is 5.67 Å². The van der Waals surface area contributed by atoms with Gasteiger partial charge >= 0.3 is 6.18 Å². The monoisotopic (exact) mass is 543 g/mol. The predicted molar refractivity (Wildman–Crippen MR) is 124 cm³/mol. The van der Waals surface area contributed by atoms with Crippen molar-refractivity contribution in [3.63, 3.8) is 0 Å². The van der Waals surface area contributed by atoms with Gasteiger partial charge in [-0.1, -0.05) is 35.3 Å². The summed E-state index contributed by atoms with van der Waals surface area (Å²) in [5.74, 6) is -1.29. The molecular formula is C24H19Cl2F4N3O3. The fraction of sp³-hybridized carbons (Fsp3) is 0.292. The molecule has 190 valence electrons. The van der Waals surface area contributed by atoms with Crippen LogP contribution in [0.3, 0.4) is 0 Å². The van der Waals surface area contributed by atoms with E-state index in [0.717, 1.165) is 18.2 Å². The van der Waals surface area contributed by atoms with Crippen molar-refractivity contribution in [2.45, 2.75) is 31.8 Å². The quantitative estimate of drug-likeness (QED) is 0.370. The summed E-state index contributed by atoms with van der Waals surface area (Å²) in [6, 6.07) is 8.40. The Balaban J connectivity index is 1.64. The molecule has 0 aliphatic carbocycles. The maximum atomic E-state index is 15.5. The van der Waals surface area contributed by atoms with E-state index in [0.29, 0.717) is 29.3 Å². The Morgan fingerprint density at radius 2 is 1.92 bits per heavy atom. The number of hydrogen-bond acceptors (Lipinski definition) is 5. The predicted octanol–water partition coefficient (Wildman–Crippen LogP) is 6.28.